The molecule has 194 valence electrons. The van der Waals surface area contributed by atoms with Crippen molar-refractivity contribution < 1.29 is 9.53 Å². The highest BCUT2D eigenvalue weighted by molar-refractivity contribution is 5.99. The van der Waals surface area contributed by atoms with Crippen molar-refractivity contribution in [1.29, 1.82) is 0 Å². The highest BCUT2D eigenvalue weighted by Crippen LogP contribution is 2.29. The van der Waals surface area contributed by atoms with Gasteiger partial charge in [-0.1, -0.05) is 24.8 Å². The molecule has 0 radical (unpaired) electrons. The Morgan fingerprint density at radius 3 is 2.66 bits per heavy atom. The Bertz CT molecular complexity index is 1420. The first kappa shape index (κ1) is 25.3. The number of amides is 1. The van der Waals surface area contributed by atoms with Crippen LogP contribution < -0.4 is 15.5 Å². The molecule has 2 aromatic carbocycles. The zero-order valence-corrected chi connectivity index (χ0v) is 21.4. The standard InChI is InChI=1S/C29H31N7O2/c1-3-27(37)33-26-19-21(11-12-30-26)25-6-4-5-22-20-31-29(34-28(22)25)32-23-7-9-24(10-8-23)36-15-13-35(14-16-36)17-18-38-2/h3-12,19-20H,1,13-18H2,2H3,(H,30,33,37)(H,31,32,34). The Kier molecular flexibility index (Phi) is 7.86. The van der Waals surface area contributed by atoms with Gasteiger partial charge in [0.05, 0.1) is 12.1 Å². The second-order valence-electron chi connectivity index (χ2n) is 9.05. The number of nitrogens with zero attached hydrogens (tertiary/aromatic N) is 5. The number of ether oxygens (including phenoxy) is 1. The van der Waals surface area contributed by atoms with Gasteiger partial charge in [-0.25, -0.2) is 15.0 Å². The number of piperazine rings is 1. The van der Waals surface area contributed by atoms with Gasteiger partial charge in [-0.15, -0.1) is 0 Å². The van der Waals surface area contributed by atoms with Gasteiger partial charge in [0, 0.05) is 74.6 Å². The molecule has 4 aromatic rings. The van der Waals surface area contributed by atoms with Crippen molar-refractivity contribution in [3.8, 4) is 11.1 Å². The topological polar surface area (TPSA) is 95.5 Å². The first-order chi connectivity index (χ1) is 18.6. The highest BCUT2D eigenvalue weighted by Gasteiger charge is 2.17. The number of hydrogen-bond acceptors (Lipinski definition) is 8. The molecule has 0 bridgehead atoms. The molecule has 2 N–H and O–H groups in total. The van der Waals surface area contributed by atoms with Crippen LogP contribution in [-0.2, 0) is 9.53 Å². The molecule has 1 saturated heterocycles. The fourth-order valence-electron chi connectivity index (χ4n) is 4.53. The second kappa shape index (κ2) is 11.8. The van der Waals surface area contributed by atoms with Crippen LogP contribution in [0.3, 0.4) is 0 Å². The number of aromatic nitrogens is 3. The van der Waals surface area contributed by atoms with Crippen molar-refractivity contribution in [2.45, 2.75) is 0 Å². The van der Waals surface area contributed by atoms with Crippen LogP contribution in [0.1, 0.15) is 0 Å². The largest absolute Gasteiger partial charge is 0.383 e. The average Bonchev–Trinajstić information content (AvgIpc) is 2.96. The number of para-hydroxylation sites is 1. The quantitative estimate of drug-likeness (QED) is 0.322. The molecule has 1 aliphatic heterocycles. The fourth-order valence-corrected chi connectivity index (χ4v) is 4.53. The molecule has 9 heteroatoms. The molecule has 0 spiro atoms. The third-order valence-corrected chi connectivity index (χ3v) is 6.59. The molecule has 0 saturated carbocycles. The van der Waals surface area contributed by atoms with E-state index in [9.17, 15) is 4.79 Å². The van der Waals surface area contributed by atoms with Crippen LogP contribution in [0, 0.1) is 0 Å². The van der Waals surface area contributed by atoms with E-state index < -0.39 is 0 Å². The Hall–Kier alpha value is -4.34. The molecule has 1 fully saturated rings. The van der Waals surface area contributed by atoms with Crippen LogP contribution in [0.25, 0.3) is 22.0 Å². The summed E-state index contributed by atoms with van der Waals surface area (Å²) in [6.45, 7) is 9.32. The van der Waals surface area contributed by atoms with Crippen molar-refractivity contribution in [3.05, 3.63) is 79.6 Å². The van der Waals surface area contributed by atoms with Gasteiger partial charge >= 0.3 is 0 Å². The molecule has 5 rings (SSSR count). The van der Waals surface area contributed by atoms with E-state index in [1.54, 1.807) is 13.3 Å². The lowest BCUT2D eigenvalue weighted by Crippen LogP contribution is -2.47. The minimum atomic E-state index is -0.309. The maximum absolute atomic E-state index is 11.7. The Labute approximate surface area is 222 Å². The first-order valence-electron chi connectivity index (χ1n) is 12.6. The number of fused-ring (bicyclic) bond motifs is 1. The number of pyridine rings is 1. The molecule has 38 heavy (non-hydrogen) atoms. The van der Waals surface area contributed by atoms with E-state index in [1.165, 1.54) is 11.8 Å². The summed E-state index contributed by atoms with van der Waals surface area (Å²) >= 11 is 0. The average molecular weight is 510 g/mol. The molecular weight excluding hydrogens is 478 g/mol. The van der Waals surface area contributed by atoms with Crippen LogP contribution in [-0.4, -0.2) is 72.2 Å². The number of anilines is 4. The van der Waals surface area contributed by atoms with Gasteiger partial charge in [-0.2, -0.15) is 0 Å². The number of hydrogen-bond donors (Lipinski definition) is 2. The molecule has 1 aliphatic rings. The van der Waals surface area contributed by atoms with E-state index in [0.29, 0.717) is 11.8 Å². The van der Waals surface area contributed by atoms with Crippen LogP contribution >= 0.6 is 0 Å². The fraction of sp³-hybridized carbons (Fsp3) is 0.241. The van der Waals surface area contributed by atoms with Crippen LogP contribution in [0.2, 0.25) is 0 Å². The van der Waals surface area contributed by atoms with Gasteiger partial charge in [-0.05, 0) is 48.0 Å². The number of carbonyl (C=O) groups excluding carboxylic acids is 1. The van der Waals surface area contributed by atoms with Crippen molar-refractivity contribution in [2.24, 2.45) is 0 Å². The van der Waals surface area contributed by atoms with Gasteiger partial charge in [0.2, 0.25) is 11.9 Å². The van der Waals surface area contributed by atoms with Gasteiger partial charge in [0.1, 0.15) is 5.82 Å². The molecule has 0 atom stereocenters. The summed E-state index contributed by atoms with van der Waals surface area (Å²) in [6, 6.07) is 18.0. The van der Waals surface area contributed by atoms with E-state index in [0.717, 1.165) is 67.0 Å². The maximum atomic E-state index is 11.7. The summed E-state index contributed by atoms with van der Waals surface area (Å²) in [7, 11) is 1.75. The Morgan fingerprint density at radius 2 is 1.89 bits per heavy atom. The molecule has 3 heterocycles. The van der Waals surface area contributed by atoms with E-state index in [-0.39, 0.29) is 5.91 Å². The number of nitrogens with one attached hydrogen (secondary N) is 2. The summed E-state index contributed by atoms with van der Waals surface area (Å²) < 4.78 is 5.20. The smallest absolute Gasteiger partial charge is 0.248 e. The lowest BCUT2D eigenvalue weighted by Gasteiger charge is -2.36. The highest BCUT2D eigenvalue weighted by atomic mass is 16.5. The van der Waals surface area contributed by atoms with E-state index >= 15 is 0 Å². The SMILES string of the molecule is C=CC(=O)Nc1cc(-c2cccc3cnc(Nc4ccc(N5CCN(CCOC)CC5)cc4)nc23)ccn1. The number of rotatable bonds is 9. The van der Waals surface area contributed by atoms with Crippen molar-refractivity contribution in [2.75, 3.05) is 62.0 Å². The van der Waals surface area contributed by atoms with E-state index in [4.69, 9.17) is 9.72 Å². The van der Waals surface area contributed by atoms with Gasteiger partial charge in [0.15, 0.2) is 0 Å². The normalized spacial score (nSPS) is 13.9. The number of carbonyl (C=O) groups is 1. The van der Waals surface area contributed by atoms with E-state index in [2.05, 4.69) is 61.2 Å². The third-order valence-electron chi connectivity index (χ3n) is 6.59. The molecule has 2 aromatic heterocycles. The lowest BCUT2D eigenvalue weighted by molar-refractivity contribution is -0.111. The zero-order chi connectivity index (χ0) is 26.3. The summed E-state index contributed by atoms with van der Waals surface area (Å²) in [5.41, 5.74) is 4.74. The summed E-state index contributed by atoms with van der Waals surface area (Å²) in [5.74, 6) is 0.656. The van der Waals surface area contributed by atoms with Gasteiger partial charge < -0.3 is 20.3 Å². The van der Waals surface area contributed by atoms with Crippen molar-refractivity contribution in [1.82, 2.24) is 19.9 Å². The molecular formula is C29H31N7O2. The minimum absolute atomic E-state index is 0.309. The Balaban J connectivity index is 1.31. The van der Waals surface area contributed by atoms with E-state index in [1.807, 2.05) is 36.5 Å². The predicted octanol–water partition coefficient (Wildman–Crippen LogP) is 4.33. The monoisotopic (exact) mass is 509 g/mol. The molecule has 1 amide bonds. The van der Waals surface area contributed by atoms with Crippen molar-refractivity contribution in [3.63, 3.8) is 0 Å². The number of benzene rings is 2. The maximum Gasteiger partial charge on any atom is 0.248 e. The zero-order valence-electron chi connectivity index (χ0n) is 21.4. The summed E-state index contributed by atoms with van der Waals surface area (Å²) in [4.78, 5) is 30.1. The summed E-state index contributed by atoms with van der Waals surface area (Å²) in [5, 5.41) is 6.96. The lowest BCUT2D eigenvalue weighted by atomic mass is 10.0. The minimum Gasteiger partial charge on any atom is -0.383 e. The third kappa shape index (κ3) is 5.96. The van der Waals surface area contributed by atoms with Crippen molar-refractivity contribution >= 4 is 40.0 Å². The molecule has 9 nitrogen and oxygen atoms in total. The summed E-state index contributed by atoms with van der Waals surface area (Å²) in [6.07, 6.45) is 4.69. The van der Waals surface area contributed by atoms with Crippen LogP contribution in [0.4, 0.5) is 23.1 Å². The first-order valence-corrected chi connectivity index (χ1v) is 12.6. The predicted molar refractivity (Wildman–Crippen MR) is 152 cm³/mol. The molecule has 0 unspecified atom stereocenters. The van der Waals surface area contributed by atoms with Crippen LogP contribution in [0.15, 0.2) is 79.6 Å². The number of methoxy groups -OCH3 is 1. The second-order valence-corrected chi connectivity index (χ2v) is 9.05. The van der Waals surface area contributed by atoms with Gasteiger partial charge in [-0.3, -0.25) is 9.69 Å². The Morgan fingerprint density at radius 1 is 1.08 bits per heavy atom. The molecule has 0 aliphatic carbocycles. The van der Waals surface area contributed by atoms with Crippen LogP contribution in [0.5, 0.6) is 0 Å². The van der Waals surface area contributed by atoms with Gasteiger partial charge in [0.25, 0.3) is 0 Å².